The Morgan fingerprint density at radius 2 is 1.83 bits per heavy atom. The molecule has 0 radical (unpaired) electrons. The fraction of sp³-hybridized carbons (Fsp3) is 0.714. The highest BCUT2D eigenvalue weighted by molar-refractivity contribution is 5.82. The normalized spacial score (nSPS) is 33.2. The number of carbonyl (C=O) groups is 2. The lowest BCUT2D eigenvalue weighted by Crippen LogP contribution is -2.35. The van der Waals surface area contributed by atoms with Crippen molar-refractivity contribution >= 4 is 11.9 Å². The van der Waals surface area contributed by atoms with Gasteiger partial charge in [0.1, 0.15) is 6.61 Å². The number of rotatable bonds is 4. The molecule has 4 heteroatoms. The number of carboxylic acid groups (broad SMARTS) is 1. The first-order valence-electron chi connectivity index (χ1n) is 6.53. The number of esters is 1. The molecular formula is C14H20O4. The molecule has 2 fully saturated rings. The van der Waals surface area contributed by atoms with E-state index in [1.54, 1.807) is 0 Å². The van der Waals surface area contributed by atoms with Gasteiger partial charge in [0, 0.05) is 0 Å². The van der Waals surface area contributed by atoms with E-state index in [-0.39, 0.29) is 24.4 Å². The van der Waals surface area contributed by atoms with Gasteiger partial charge in [0.15, 0.2) is 0 Å². The highest BCUT2D eigenvalue weighted by Crippen LogP contribution is 2.52. The maximum Gasteiger partial charge on any atom is 0.310 e. The van der Waals surface area contributed by atoms with Gasteiger partial charge in [0.25, 0.3) is 0 Å². The van der Waals surface area contributed by atoms with E-state index in [9.17, 15) is 14.7 Å². The van der Waals surface area contributed by atoms with Crippen LogP contribution in [0.1, 0.15) is 33.1 Å². The monoisotopic (exact) mass is 252 g/mol. The number of ether oxygens (including phenoxy) is 1. The first kappa shape index (κ1) is 13.1. The Kier molecular flexibility index (Phi) is 3.73. The molecule has 4 atom stereocenters. The van der Waals surface area contributed by atoms with Gasteiger partial charge in [-0.1, -0.05) is 5.57 Å². The van der Waals surface area contributed by atoms with Crippen molar-refractivity contribution in [2.24, 2.45) is 23.7 Å². The Labute approximate surface area is 107 Å². The van der Waals surface area contributed by atoms with E-state index in [0.29, 0.717) is 0 Å². The lowest BCUT2D eigenvalue weighted by atomic mass is 9.79. The predicted octanol–water partition coefficient (Wildman–Crippen LogP) is 2.24. The molecule has 0 spiro atoms. The summed E-state index contributed by atoms with van der Waals surface area (Å²) in [5.74, 6) is -1.72. The lowest BCUT2D eigenvalue weighted by Gasteiger charge is -2.26. The van der Waals surface area contributed by atoms with E-state index in [1.807, 2.05) is 19.9 Å². The summed E-state index contributed by atoms with van der Waals surface area (Å²) in [4.78, 5) is 23.3. The average molecular weight is 252 g/mol. The number of hydrogen-bond acceptors (Lipinski definition) is 3. The van der Waals surface area contributed by atoms with Gasteiger partial charge in [-0.15, -0.1) is 0 Å². The molecule has 2 rings (SSSR count). The molecule has 0 aromatic rings. The Bertz CT molecular complexity index is 381. The third-order valence-electron chi connectivity index (χ3n) is 4.19. The van der Waals surface area contributed by atoms with Gasteiger partial charge in [-0.25, -0.2) is 0 Å². The van der Waals surface area contributed by atoms with Crippen LogP contribution in [0.5, 0.6) is 0 Å². The fourth-order valence-electron chi connectivity index (χ4n) is 3.37. The van der Waals surface area contributed by atoms with Crippen molar-refractivity contribution in [1.29, 1.82) is 0 Å². The maximum absolute atomic E-state index is 12.0. The molecular weight excluding hydrogens is 232 g/mol. The molecule has 2 aliphatic rings. The van der Waals surface area contributed by atoms with Crippen molar-refractivity contribution in [3.8, 4) is 0 Å². The Morgan fingerprint density at radius 1 is 1.22 bits per heavy atom. The van der Waals surface area contributed by atoms with Crippen molar-refractivity contribution < 1.29 is 19.4 Å². The van der Waals surface area contributed by atoms with E-state index in [4.69, 9.17) is 4.74 Å². The topological polar surface area (TPSA) is 63.6 Å². The quantitative estimate of drug-likeness (QED) is 0.615. The van der Waals surface area contributed by atoms with Crippen LogP contribution in [0.15, 0.2) is 11.6 Å². The molecule has 1 N–H and O–H groups in total. The molecule has 0 heterocycles. The van der Waals surface area contributed by atoms with E-state index in [1.165, 1.54) is 0 Å². The summed E-state index contributed by atoms with van der Waals surface area (Å²) in [6.45, 7) is 4.12. The van der Waals surface area contributed by atoms with Crippen molar-refractivity contribution in [1.82, 2.24) is 0 Å². The van der Waals surface area contributed by atoms with Crippen LogP contribution in [0.4, 0.5) is 0 Å². The molecule has 0 aliphatic heterocycles. The number of hydrogen-bond donors (Lipinski definition) is 1. The highest BCUT2D eigenvalue weighted by atomic mass is 16.5. The summed E-state index contributed by atoms with van der Waals surface area (Å²) in [6.07, 6.45) is 4.62. The van der Waals surface area contributed by atoms with Gasteiger partial charge < -0.3 is 9.84 Å². The zero-order valence-corrected chi connectivity index (χ0v) is 10.9. The highest BCUT2D eigenvalue weighted by Gasteiger charge is 2.54. The second-order valence-corrected chi connectivity index (χ2v) is 5.63. The van der Waals surface area contributed by atoms with Crippen LogP contribution in [-0.2, 0) is 14.3 Å². The van der Waals surface area contributed by atoms with Crippen LogP contribution in [0.2, 0.25) is 0 Å². The van der Waals surface area contributed by atoms with Crippen LogP contribution < -0.4 is 0 Å². The summed E-state index contributed by atoms with van der Waals surface area (Å²) in [6, 6.07) is 0. The SMILES string of the molecule is CC(C)=CCOC(=O)C1C2CCC(C2)C1C(=O)O. The Balaban J connectivity index is 2.00. The van der Waals surface area contributed by atoms with Gasteiger partial charge in [0.05, 0.1) is 11.8 Å². The molecule has 0 saturated heterocycles. The van der Waals surface area contributed by atoms with Crippen LogP contribution in [0, 0.1) is 23.7 Å². The van der Waals surface area contributed by atoms with E-state index < -0.39 is 17.8 Å². The van der Waals surface area contributed by atoms with Crippen LogP contribution in [-0.4, -0.2) is 23.7 Å². The molecule has 4 unspecified atom stereocenters. The molecule has 2 saturated carbocycles. The van der Waals surface area contributed by atoms with Crippen molar-refractivity contribution in [2.75, 3.05) is 6.61 Å². The van der Waals surface area contributed by atoms with Gasteiger partial charge >= 0.3 is 11.9 Å². The summed E-state index contributed by atoms with van der Waals surface area (Å²) < 4.78 is 5.19. The van der Waals surface area contributed by atoms with Crippen molar-refractivity contribution in [3.05, 3.63) is 11.6 Å². The fourth-order valence-corrected chi connectivity index (χ4v) is 3.37. The van der Waals surface area contributed by atoms with Crippen LogP contribution in [0.25, 0.3) is 0 Å². The number of carboxylic acids is 1. The minimum atomic E-state index is -0.841. The molecule has 4 nitrogen and oxygen atoms in total. The van der Waals surface area contributed by atoms with Gasteiger partial charge in [-0.05, 0) is 51.0 Å². The third kappa shape index (κ3) is 2.42. The van der Waals surface area contributed by atoms with Gasteiger partial charge in [0.2, 0.25) is 0 Å². The molecule has 0 aromatic carbocycles. The Morgan fingerprint density at radius 3 is 2.39 bits per heavy atom. The maximum atomic E-state index is 12.0. The smallest absolute Gasteiger partial charge is 0.310 e. The molecule has 18 heavy (non-hydrogen) atoms. The first-order valence-corrected chi connectivity index (χ1v) is 6.53. The second-order valence-electron chi connectivity index (χ2n) is 5.63. The number of allylic oxidation sites excluding steroid dienone is 1. The van der Waals surface area contributed by atoms with Crippen LogP contribution >= 0.6 is 0 Å². The van der Waals surface area contributed by atoms with Crippen molar-refractivity contribution in [3.63, 3.8) is 0 Å². The van der Waals surface area contributed by atoms with Gasteiger partial charge in [-0.2, -0.15) is 0 Å². The summed E-state index contributed by atoms with van der Waals surface area (Å²) in [5, 5.41) is 9.25. The standard InChI is InChI=1S/C14H20O4/c1-8(2)5-6-18-14(17)12-10-4-3-9(7-10)11(12)13(15)16/h5,9-12H,3-4,6-7H2,1-2H3,(H,15,16). The number of carbonyl (C=O) groups excluding carboxylic acids is 1. The largest absolute Gasteiger partial charge is 0.481 e. The molecule has 0 aromatic heterocycles. The third-order valence-corrected chi connectivity index (χ3v) is 4.19. The lowest BCUT2D eigenvalue weighted by molar-refractivity contribution is -0.159. The van der Waals surface area contributed by atoms with E-state index >= 15 is 0 Å². The minimum Gasteiger partial charge on any atom is -0.481 e. The number of aliphatic carboxylic acids is 1. The summed E-state index contributed by atoms with van der Waals surface area (Å²) in [5.41, 5.74) is 1.09. The Hall–Kier alpha value is -1.32. The minimum absolute atomic E-state index is 0.175. The average Bonchev–Trinajstić information content (AvgIpc) is 2.87. The second kappa shape index (κ2) is 5.12. The predicted molar refractivity (Wildman–Crippen MR) is 65.8 cm³/mol. The molecule has 0 amide bonds. The zero-order valence-electron chi connectivity index (χ0n) is 10.9. The summed E-state index contributed by atoms with van der Waals surface area (Å²) >= 11 is 0. The molecule has 100 valence electrons. The number of fused-ring (bicyclic) bond motifs is 2. The zero-order chi connectivity index (χ0) is 13.3. The van der Waals surface area contributed by atoms with E-state index in [0.717, 1.165) is 24.8 Å². The first-order chi connectivity index (χ1) is 8.50. The van der Waals surface area contributed by atoms with Gasteiger partial charge in [-0.3, -0.25) is 9.59 Å². The van der Waals surface area contributed by atoms with Crippen LogP contribution in [0.3, 0.4) is 0 Å². The summed E-state index contributed by atoms with van der Waals surface area (Å²) in [7, 11) is 0. The molecule has 2 bridgehead atoms. The molecule has 2 aliphatic carbocycles. The van der Waals surface area contributed by atoms with E-state index in [2.05, 4.69) is 0 Å². The van der Waals surface area contributed by atoms with Crippen molar-refractivity contribution in [2.45, 2.75) is 33.1 Å².